The zero-order valence-corrected chi connectivity index (χ0v) is 16.1. The van der Waals surface area contributed by atoms with Crippen LogP contribution in [0.2, 0.25) is 0 Å². The summed E-state index contributed by atoms with van der Waals surface area (Å²) in [6, 6.07) is 5.89. The van der Waals surface area contributed by atoms with Crippen LogP contribution in [-0.4, -0.2) is 48.2 Å². The lowest BCUT2D eigenvalue weighted by Gasteiger charge is -2.16. The molecule has 1 amide bonds. The molecule has 8 nitrogen and oxygen atoms in total. The molecular formula is C18H28F2N4O4. The summed E-state index contributed by atoms with van der Waals surface area (Å²) in [6.45, 7) is 2.81. The minimum Gasteiger partial charge on any atom is -0.480 e. The normalized spacial score (nSPS) is 11.3. The fourth-order valence-electron chi connectivity index (χ4n) is 2.31. The highest BCUT2D eigenvalue weighted by Gasteiger charge is 2.18. The molecule has 0 bridgehead atoms. The molecule has 0 radical (unpaired) electrons. The van der Waals surface area contributed by atoms with E-state index in [1.807, 2.05) is 6.07 Å². The molecule has 2 heterocycles. The van der Waals surface area contributed by atoms with E-state index in [1.54, 1.807) is 19.9 Å². The van der Waals surface area contributed by atoms with Gasteiger partial charge in [0.05, 0.1) is 13.2 Å². The Labute approximate surface area is 164 Å². The number of nitrogen functional groups attached to an aromatic ring is 1. The molecule has 0 spiro atoms. The van der Waals surface area contributed by atoms with Crippen molar-refractivity contribution in [3.8, 4) is 11.8 Å². The molecule has 0 aliphatic rings. The maximum Gasteiger partial charge on any atom is 0.272 e. The molecule has 2 aromatic rings. The van der Waals surface area contributed by atoms with E-state index in [1.165, 1.54) is 19.2 Å². The SMILES string of the molecule is CO.COc1nc(OCC(F)F)ccc1C(=O)NC(C)c1cc(C)nc(N)c1.[HH].[HH]. The molecule has 0 aromatic carbocycles. The van der Waals surface area contributed by atoms with Crippen LogP contribution >= 0.6 is 0 Å². The van der Waals surface area contributed by atoms with Gasteiger partial charge in [0.2, 0.25) is 11.8 Å². The quantitative estimate of drug-likeness (QED) is 0.651. The van der Waals surface area contributed by atoms with Gasteiger partial charge in [-0.1, -0.05) is 0 Å². The number of nitrogens with one attached hydrogen (secondary N) is 1. The van der Waals surface area contributed by atoms with Crippen LogP contribution in [0.4, 0.5) is 14.6 Å². The predicted octanol–water partition coefficient (Wildman–Crippen LogP) is 2.61. The van der Waals surface area contributed by atoms with Gasteiger partial charge >= 0.3 is 0 Å². The second kappa shape index (κ2) is 11.0. The number of nitrogens with two attached hydrogens (primary N) is 1. The summed E-state index contributed by atoms with van der Waals surface area (Å²) in [5.74, 6) is -0.146. The van der Waals surface area contributed by atoms with Gasteiger partial charge in [0.25, 0.3) is 12.3 Å². The Bertz CT molecular complexity index is 781. The van der Waals surface area contributed by atoms with Crippen molar-refractivity contribution in [1.82, 2.24) is 15.3 Å². The third kappa shape index (κ3) is 6.62. The molecular weight excluding hydrogens is 374 g/mol. The van der Waals surface area contributed by atoms with Gasteiger partial charge in [-0.3, -0.25) is 4.79 Å². The van der Waals surface area contributed by atoms with Gasteiger partial charge in [0.15, 0.2) is 6.61 Å². The Hall–Kier alpha value is -3.01. The van der Waals surface area contributed by atoms with E-state index in [0.29, 0.717) is 5.82 Å². The van der Waals surface area contributed by atoms with Crippen molar-refractivity contribution in [1.29, 1.82) is 0 Å². The molecule has 0 saturated heterocycles. The van der Waals surface area contributed by atoms with Gasteiger partial charge in [-0.15, -0.1) is 0 Å². The molecule has 10 heteroatoms. The largest absolute Gasteiger partial charge is 0.480 e. The Morgan fingerprint density at radius 2 is 2.00 bits per heavy atom. The summed E-state index contributed by atoms with van der Waals surface area (Å²) in [6.07, 6.45) is -2.62. The number of halogens is 2. The molecule has 0 aliphatic carbocycles. The van der Waals surface area contributed by atoms with Crippen LogP contribution in [0.1, 0.15) is 37.4 Å². The first kappa shape index (κ1) is 23.0. The highest BCUT2D eigenvalue weighted by atomic mass is 19.3. The number of anilines is 1. The van der Waals surface area contributed by atoms with Gasteiger partial charge in [-0.25, -0.2) is 13.8 Å². The van der Waals surface area contributed by atoms with Crippen LogP contribution in [0.15, 0.2) is 24.3 Å². The van der Waals surface area contributed by atoms with Crippen LogP contribution < -0.4 is 20.5 Å². The number of methoxy groups -OCH3 is 1. The average molecular weight is 402 g/mol. The zero-order valence-electron chi connectivity index (χ0n) is 16.1. The summed E-state index contributed by atoms with van der Waals surface area (Å²) in [5.41, 5.74) is 7.42. The Kier molecular flexibility index (Phi) is 9.03. The lowest BCUT2D eigenvalue weighted by Crippen LogP contribution is -2.27. The number of aliphatic hydroxyl groups is 1. The number of aromatic nitrogens is 2. The van der Waals surface area contributed by atoms with Crippen LogP contribution in [0.3, 0.4) is 0 Å². The number of ether oxygens (including phenoxy) is 2. The third-order valence-electron chi connectivity index (χ3n) is 3.47. The van der Waals surface area contributed by atoms with E-state index in [0.717, 1.165) is 18.4 Å². The van der Waals surface area contributed by atoms with E-state index < -0.39 is 18.9 Å². The van der Waals surface area contributed by atoms with Gasteiger partial charge in [0, 0.05) is 21.7 Å². The van der Waals surface area contributed by atoms with Gasteiger partial charge in [0.1, 0.15) is 11.4 Å². The van der Waals surface area contributed by atoms with Crippen molar-refractivity contribution in [2.75, 3.05) is 26.6 Å². The average Bonchev–Trinajstić information content (AvgIpc) is 2.66. The topological polar surface area (TPSA) is 120 Å². The lowest BCUT2D eigenvalue weighted by atomic mass is 10.1. The third-order valence-corrected chi connectivity index (χ3v) is 3.47. The fraction of sp³-hybridized carbons (Fsp3) is 0.389. The number of rotatable bonds is 7. The van der Waals surface area contributed by atoms with E-state index in [4.69, 9.17) is 20.3 Å². The molecule has 0 fully saturated rings. The number of pyridine rings is 2. The molecule has 1 unspecified atom stereocenters. The standard InChI is InChI=1S/C17H20F2N4O3.CH4O.2H2/c1-9-6-11(7-14(20)21-9)10(2)22-16(24)12-4-5-15(23-17(12)25-3)26-8-13(18)19;1-2;;/h4-7,10,13H,8H2,1-3H3,(H2,20,21)(H,22,24);2H,1H3;2*1H. The molecule has 2 rings (SSSR count). The van der Waals surface area contributed by atoms with E-state index in [-0.39, 0.29) is 26.2 Å². The van der Waals surface area contributed by atoms with E-state index in [9.17, 15) is 13.6 Å². The Morgan fingerprint density at radius 3 is 2.57 bits per heavy atom. The first-order chi connectivity index (χ1) is 13.3. The fourth-order valence-corrected chi connectivity index (χ4v) is 2.31. The highest BCUT2D eigenvalue weighted by molar-refractivity contribution is 5.96. The van der Waals surface area contributed by atoms with Crippen LogP contribution in [0.5, 0.6) is 11.8 Å². The van der Waals surface area contributed by atoms with Crippen molar-refractivity contribution in [2.24, 2.45) is 0 Å². The summed E-state index contributed by atoms with van der Waals surface area (Å²) in [4.78, 5) is 20.5. The number of aliphatic hydroxyl groups excluding tert-OH is 1. The van der Waals surface area contributed by atoms with Crippen molar-refractivity contribution < 1.29 is 31.0 Å². The van der Waals surface area contributed by atoms with Crippen molar-refractivity contribution in [2.45, 2.75) is 26.3 Å². The highest BCUT2D eigenvalue weighted by Crippen LogP contribution is 2.22. The first-order valence-electron chi connectivity index (χ1n) is 8.25. The number of aryl methyl sites for hydroxylation is 1. The number of carbonyl (C=O) groups excluding carboxylic acids is 1. The maximum absolute atomic E-state index is 12.5. The Balaban J connectivity index is 0. The number of amides is 1. The second-order valence-corrected chi connectivity index (χ2v) is 5.57. The minimum atomic E-state index is -2.62. The van der Waals surface area contributed by atoms with Gasteiger partial charge < -0.3 is 25.6 Å². The molecule has 158 valence electrons. The Morgan fingerprint density at radius 1 is 1.32 bits per heavy atom. The van der Waals surface area contributed by atoms with Crippen molar-refractivity contribution in [3.05, 3.63) is 41.1 Å². The molecule has 2 aromatic heterocycles. The number of hydrogen-bond donors (Lipinski definition) is 3. The summed E-state index contributed by atoms with van der Waals surface area (Å²) < 4.78 is 34.3. The van der Waals surface area contributed by atoms with Crippen LogP contribution in [0, 0.1) is 6.92 Å². The number of carbonyl (C=O) groups is 1. The molecule has 1 atom stereocenters. The summed E-state index contributed by atoms with van der Waals surface area (Å²) in [5, 5.41) is 9.81. The lowest BCUT2D eigenvalue weighted by molar-refractivity contribution is 0.0790. The molecule has 28 heavy (non-hydrogen) atoms. The predicted molar refractivity (Wildman–Crippen MR) is 104 cm³/mol. The summed E-state index contributed by atoms with van der Waals surface area (Å²) in [7, 11) is 2.33. The number of alkyl halides is 2. The summed E-state index contributed by atoms with van der Waals surface area (Å²) >= 11 is 0. The number of hydrogen-bond acceptors (Lipinski definition) is 7. The van der Waals surface area contributed by atoms with Gasteiger partial charge in [-0.05, 0) is 37.6 Å². The van der Waals surface area contributed by atoms with Crippen LogP contribution in [-0.2, 0) is 0 Å². The first-order valence-corrected chi connectivity index (χ1v) is 8.25. The molecule has 0 saturated carbocycles. The monoisotopic (exact) mass is 402 g/mol. The zero-order chi connectivity index (χ0) is 21.3. The van der Waals surface area contributed by atoms with Gasteiger partial charge in [-0.2, -0.15) is 4.98 Å². The number of nitrogens with zero attached hydrogens (tertiary/aromatic N) is 2. The maximum atomic E-state index is 12.5. The van der Waals surface area contributed by atoms with Crippen LogP contribution in [0.25, 0.3) is 0 Å². The van der Waals surface area contributed by atoms with E-state index in [2.05, 4.69) is 15.3 Å². The molecule has 4 N–H and O–H groups in total. The second-order valence-electron chi connectivity index (χ2n) is 5.57. The molecule has 0 aliphatic heterocycles. The van der Waals surface area contributed by atoms with Crippen molar-refractivity contribution >= 4 is 11.7 Å². The minimum absolute atomic E-state index is 0. The smallest absolute Gasteiger partial charge is 0.272 e. The van der Waals surface area contributed by atoms with Crippen molar-refractivity contribution in [3.63, 3.8) is 0 Å². The van der Waals surface area contributed by atoms with E-state index >= 15 is 0 Å².